The van der Waals surface area contributed by atoms with Crippen LogP contribution in [0, 0.1) is 17.7 Å². The van der Waals surface area contributed by atoms with Crippen LogP contribution in [0.4, 0.5) is 4.39 Å². The largest absolute Gasteiger partial charge is 0.320 e. The summed E-state index contributed by atoms with van der Waals surface area (Å²) in [6, 6.07) is 7.18. The molecule has 0 amide bonds. The Morgan fingerprint density at radius 2 is 2.15 bits per heavy atom. The molecule has 0 saturated heterocycles. The summed E-state index contributed by atoms with van der Waals surface area (Å²) in [4.78, 5) is 2.09. The Morgan fingerprint density at radius 1 is 1.30 bits per heavy atom. The minimum Gasteiger partial charge on any atom is -0.320 e. The molecule has 0 spiro atoms. The maximum atomic E-state index is 14.0. The quantitative estimate of drug-likeness (QED) is 0.877. The third-order valence-electron chi connectivity index (χ3n) is 2.86. The van der Waals surface area contributed by atoms with Crippen molar-refractivity contribution in [3.05, 3.63) is 57.5 Å². The van der Waals surface area contributed by atoms with Crippen molar-refractivity contribution in [1.29, 1.82) is 0 Å². The van der Waals surface area contributed by atoms with Gasteiger partial charge in [-0.2, -0.15) is 11.3 Å². The molecule has 104 valence electrons. The van der Waals surface area contributed by atoms with Crippen LogP contribution in [0.2, 0.25) is 0 Å². The van der Waals surface area contributed by atoms with Gasteiger partial charge in [0.05, 0.1) is 6.54 Å². The predicted octanol–water partition coefficient (Wildman–Crippen LogP) is 2.83. The number of thiophene rings is 1. The molecule has 0 aliphatic rings. The van der Waals surface area contributed by atoms with E-state index in [1.807, 2.05) is 13.1 Å². The normalized spacial score (nSPS) is 10.4. The third-order valence-corrected chi connectivity index (χ3v) is 3.59. The van der Waals surface area contributed by atoms with E-state index in [1.165, 1.54) is 11.6 Å². The van der Waals surface area contributed by atoms with Crippen LogP contribution in [0.5, 0.6) is 0 Å². The van der Waals surface area contributed by atoms with Crippen molar-refractivity contribution in [2.75, 3.05) is 13.6 Å². The standard InChI is InChI=1S/C16H17FN2S/c1-19(10-14-6-8-20-12-14)11-15-5-4-13(3-2-7-18)9-16(15)17/h4-6,8-9,12H,7,10-11,18H2,1H3. The Morgan fingerprint density at radius 3 is 2.80 bits per heavy atom. The summed E-state index contributed by atoms with van der Waals surface area (Å²) >= 11 is 1.67. The molecule has 2 aromatic rings. The van der Waals surface area contributed by atoms with Crippen LogP contribution in [0.15, 0.2) is 35.0 Å². The van der Waals surface area contributed by atoms with E-state index in [1.54, 1.807) is 17.4 Å². The summed E-state index contributed by atoms with van der Waals surface area (Å²) in [6.45, 7) is 1.68. The van der Waals surface area contributed by atoms with Gasteiger partial charge in [-0.25, -0.2) is 4.39 Å². The van der Waals surface area contributed by atoms with Crippen LogP contribution >= 0.6 is 11.3 Å². The van der Waals surface area contributed by atoms with Crippen molar-refractivity contribution in [2.24, 2.45) is 5.73 Å². The highest BCUT2D eigenvalue weighted by Gasteiger charge is 2.07. The molecule has 2 nitrogen and oxygen atoms in total. The van der Waals surface area contributed by atoms with Crippen LogP contribution < -0.4 is 5.73 Å². The number of benzene rings is 1. The zero-order valence-corrected chi connectivity index (χ0v) is 12.2. The SMILES string of the molecule is CN(Cc1ccsc1)Cc1ccc(C#CCN)cc1F. The molecule has 2 rings (SSSR count). The highest BCUT2D eigenvalue weighted by molar-refractivity contribution is 7.07. The Bertz CT molecular complexity index is 611. The molecule has 0 atom stereocenters. The van der Waals surface area contributed by atoms with Gasteiger partial charge in [-0.3, -0.25) is 4.90 Å². The molecule has 0 aliphatic heterocycles. The van der Waals surface area contributed by atoms with E-state index in [2.05, 4.69) is 33.6 Å². The molecule has 1 aromatic carbocycles. The average Bonchev–Trinajstić information content (AvgIpc) is 2.92. The maximum absolute atomic E-state index is 14.0. The molecule has 4 heteroatoms. The second-order valence-electron chi connectivity index (χ2n) is 4.62. The van der Waals surface area contributed by atoms with E-state index < -0.39 is 0 Å². The molecular weight excluding hydrogens is 271 g/mol. The highest BCUT2D eigenvalue weighted by Crippen LogP contribution is 2.14. The fourth-order valence-corrected chi connectivity index (χ4v) is 2.61. The summed E-state index contributed by atoms with van der Waals surface area (Å²) in [5.41, 5.74) is 7.90. The highest BCUT2D eigenvalue weighted by atomic mass is 32.1. The van der Waals surface area contributed by atoms with E-state index in [9.17, 15) is 4.39 Å². The lowest BCUT2D eigenvalue weighted by Gasteiger charge is -2.16. The van der Waals surface area contributed by atoms with Crippen LogP contribution in [0.25, 0.3) is 0 Å². The van der Waals surface area contributed by atoms with Gasteiger partial charge in [-0.1, -0.05) is 17.9 Å². The molecular formula is C16H17FN2S. The van der Waals surface area contributed by atoms with Crippen LogP contribution in [-0.2, 0) is 13.1 Å². The summed E-state index contributed by atoms with van der Waals surface area (Å²) in [5.74, 6) is 5.34. The van der Waals surface area contributed by atoms with Crippen LogP contribution in [-0.4, -0.2) is 18.5 Å². The maximum Gasteiger partial charge on any atom is 0.128 e. The first-order valence-electron chi connectivity index (χ1n) is 6.36. The molecule has 1 aromatic heterocycles. The predicted molar refractivity (Wildman–Crippen MR) is 81.8 cm³/mol. The second-order valence-corrected chi connectivity index (χ2v) is 5.40. The first kappa shape index (κ1) is 14.7. The van der Waals surface area contributed by atoms with Gasteiger partial charge in [-0.15, -0.1) is 0 Å². The average molecular weight is 288 g/mol. The molecule has 0 saturated carbocycles. The molecule has 0 unspecified atom stereocenters. The topological polar surface area (TPSA) is 29.3 Å². The number of hydrogen-bond donors (Lipinski definition) is 1. The first-order valence-corrected chi connectivity index (χ1v) is 7.30. The van der Waals surface area contributed by atoms with Gasteiger partial charge in [0.25, 0.3) is 0 Å². The van der Waals surface area contributed by atoms with E-state index in [0.717, 1.165) is 6.54 Å². The molecule has 0 radical (unpaired) electrons. The van der Waals surface area contributed by atoms with Crippen molar-refractivity contribution in [2.45, 2.75) is 13.1 Å². The number of hydrogen-bond acceptors (Lipinski definition) is 3. The molecule has 0 aliphatic carbocycles. The summed E-state index contributed by atoms with van der Waals surface area (Å²) in [6.07, 6.45) is 0. The zero-order chi connectivity index (χ0) is 14.4. The molecule has 20 heavy (non-hydrogen) atoms. The number of halogens is 1. The van der Waals surface area contributed by atoms with Gasteiger partial charge in [0.15, 0.2) is 0 Å². The second kappa shape index (κ2) is 7.20. The first-order chi connectivity index (χ1) is 9.69. The van der Waals surface area contributed by atoms with Gasteiger partial charge < -0.3 is 5.73 Å². The number of nitrogens with zero attached hydrogens (tertiary/aromatic N) is 1. The van der Waals surface area contributed by atoms with Gasteiger partial charge in [-0.05, 0) is 41.6 Å². The van der Waals surface area contributed by atoms with Gasteiger partial charge >= 0.3 is 0 Å². The van der Waals surface area contributed by atoms with Crippen molar-refractivity contribution >= 4 is 11.3 Å². The molecule has 0 bridgehead atoms. The molecule has 2 N–H and O–H groups in total. The van der Waals surface area contributed by atoms with E-state index >= 15 is 0 Å². The van der Waals surface area contributed by atoms with Crippen LogP contribution in [0.1, 0.15) is 16.7 Å². The van der Waals surface area contributed by atoms with E-state index in [4.69, 9.17) is 5.73 Å². The summed E-state index contributed by atoms with van der Waals surface area (Å²) < 4.78 is 14.0. The van der Waals surface area contributed by atoms with Gasteiger partial charge in [0.1, 0.15) is 5.82 Å². The van der Waals surface area contributed by atoms with Crippen molar-refractivity contribution in [3.63, 3.8) is 0 Å². The lowest BCUT2D eigenvalue weighted by molar-refractivity contribution is 0.314. The van der Waals surface area contributed by atoms with E-state index in [0.29, 0.717) is 17.7 Å². The summed E-state index contributed by atoms with van der Waals surface area (Å²) in [7, 11) is 1.99. The monoisotopic (exact) mass is 288 g/mol. The Hall–Kier alpha value is -1.67. The summed E-state index contributed by atoms with van der Waals surface area (Å²) in [5, 5.41) is 4.16. The lowest BCUT2D eigenvalue weighted by Crippen LogP contribution is -2.17. The molecule has 1 heterocycles. The Balaban J connectivity index is 2.02. The number of nitrogens with two attached hydrogens (primary N) is 1. The minimum absolute atomic E-state index is 0.217. The Labute approximate surface area is 123 Å². The molecule has 0 fully saturated rings. The fraction of sp³-hybridized carbons (Fsp3) is 0.250. The van der Waals surface area contributed by atoms with Gasteiger partial charge in [0, 0.05) is 24.2 Å². The lowest BCUT2D eigenvalue weighted by atomic mass is 10.1. The van der Waals surface area contributed by atoms with Crippen molar-refractivity contribution < 1.29 is 4.39 Å². The van der Waals surface area contributed by atoms with E-state index in [-0.39, 0.29) is 12.4 Å². The Kier molecular flexibility index (Phi) is 5.31. The van der Waals surface area contributed by atoms with Gasteiger partial charge in [0.2, 0.25) is 0 Å². The smallest absolute Gasteiger partial charge is 0.128 e. The minimum atomic E-state index is -0.217. The zero-order valence-electron chi connectivity index (χ0n) is 11.4. The third kappa shape index (κ3) is 4.17. The van der Waals surface area contributed by atoms with Crippen molar-refractivity contribution in [3.8, 4) is 11.8 Å². The van der Waals surface area contributed by atoms with Crippen LogP contribution in [0.3, 0.4) is 0 Å². The fourth-order valence-electron chi connectivity index (χ4n) is 1.95. The number of rotatable bonds is 4. The van der Waals surface area contributed by atoms with Crippen molar-refractivity contribution in [1.82, 2.24) is 4.90 Å².